The van der Waals surface area contributed by atoms with Crippen molar-refractivity contribution in [1.82, 2.24) is 4.90 Å². The third kappa shape index (κ3) is 2.91. The van der Waals surface area contributed by atoms with Gasteiger partial charge in [-0.15, -0.1) is 0 Å². The Hall–Kier alpha value is -1.22. The minimum absolute atomic E-state index is 0.587. The molecule has 3 nitrogen and oxygen atoms in total. The van der Waals surface area contributed by atoms with Crippen molar-refractivity contribution in [2.24, 2.45) is 0 Å². The summed E-state index contributed by atoms with van der Waals surface area (Å²) in [6, 6.07) is 7.33. The van der Waals surface area contributed by atoms with Crippen molar-refractivity contribution in [2.45, 2.75) is 38.8 Å². The Kier molecular flexibility index (Phi) is 3.57. The number of hydrogen-bond donors (Lipinski definition) is 2. The molecule has 0 amide bonds. The number of nitrogens with two attached hydrogens (primary N) is 1. The van der Waals surface area contributed by atoms with Gasteiger partial charge in [-0.1, -0.05) is 0 Å². The average Bonchev–Trinajstić information content (AvgIpc) is 2.27. The maximum Gasteiger partial charge on any atom is 0.0373 e. The molecule has 3 heteroatoms. The molecule has 0 spiro atoms. The second-order valence-electron chi connectivity index (χ2n) is 5.27. The number of piperidine rings is 1. The molecule has 0 radical (unpaired) electrons. The lowest BCUT2D eigenvalue weighted by Crippen LogP contribution is -2.42. The highest BCUT2D eigenvalue weighted by Gasteiger charge is 2.22. The molecule has 1 fully saturated rings. The summed E-state index contributed by atoms with van der Waals surface area (Å²) in [5.41, 5.74) is 9.06. The van der Waals surface area contributed by atoms with Crippen LogP contribution in [0.2, 0.25) is 0 Å². The van der Waals surface area contributed by atoms with Crippen LogP contribution in [0.15, 0.2) is 18.2 Å². The van der Waals surface area contributed by atoms with Crippen LogP contribution in [-0.4, -0.2) is 30.6 Å². The summed E-state index contributed by atoms with van der Waals surface area (Å²) >= 11 is 0. The van der Waals surface area contributed by atoms with E-state index in [-0.39, 0.29) is 0 Å². The quantitative estimate of drug-likeness (QED) is 0.771. The van der Waals surface area contributed by atoms with Gasteiger partial charge in [0, 0.05) is 30.0 Å². The number of nitrogens with one attached hydrogen (secondary N) is 1. The van der Waals surface area contributed by atoms with Crippen molar-refractivity contribution < 1.29 is 0 Å². The van der Waals surface area contributed by atoms with Gasteiger partial charge in [0.25, 0.3) is 0 Å². The monoisotopic (exact) mass is 233 g/mol. The Balaban J connectivity index is 2.01. The highest BCUT2D eigenvalue weighted by Crippen LogP contribution is 2.23. The minimum atomic E-state index is 0.587. The molecule has 1 aromatic rings. The van der Waals surface area contributed by atoms with Crippen LogP contribution in [-0.2, 0) is 0 Å². The van der Waals surface area contributed by atoms with Crippen molar-refractivity contribution in [3.63, 3.8) is 0 Å². The number of likely N-dealkylation sites (tertiary alicyclic amines) is 1. The zero-order chi connectivity index (χ0) is 12.4. The number of nitrogens with zero attached hydrogens (tertiary/aromatic N) is 1. The standard InChI is InChI=1S/C14H23N3/c1-10-8-12(15)4-5-14(10)16-13-6-7-17(3)11(2)9-13/h4-5,8,11,13,16H,6-7,9,15H2,1-3H3. The van der Waals surface area contributed by atoms with Crippen LogP contribution < -0.4 is 11.1 Å². The van der Waals surface area contributed by atoms with E-state index in [0.717, 1.165) is 5.69 Å². The summed E-state index contributed by atoms with van der Waals surface area (Å²) in [5.74, 6) is 0. The van der Waals surface area contributed by atoms with Crippen molar-refractivity contribution in [2.75, 3.05) is 24.6 Å². The van der Waals surface area contributed by atoms with Crippen molar-refractivity contribution in [1.29, 1.82) is 0 Å². The van der Waals surface area contributed by atoms with Gasteiger partial charge in [0.05, 0.1) is 0 Å². The molecule has 2 rings (SSSR count). The van der Waals surface area contributed by atoms with Gasteiger partial charge in [0.1, 0.15) is 0 Å². The van der Waals surface area contributed by atoms with Crippen LogP contribution in [0.3, 0.4) is 0 Å². The molecule has 17 heavy (non-hydrogen) atoms. The Morgan fingerprint density at radius 3 is 2.82 bits per heavy atom. The fourth-order valence-corrected chi connectivity index (χ4v) is 2.49. The first-order chi connectivity index (χ1) is 8.06. The Labute approximate surface area is 104 Å². The molecule has 0 bridgehead atoms. The lowest BCUT2D eigenvalue weighted by atomic mass is 9.98. The summed E-state index contributed by atoms with van der Waals surface area (Å²) in [6.45, 7) is 5.58. The van der Waals surface area contributed by atoms with Crippen molar-refractivity contribution >= 4 is 11.4 Å². The summed E-state index contributed by atoms with van der Waals surface area (Å²) in [6.07, 6.45) is 2.42. The van der Waals surface area contributed by atoms with Crippen LogP contribution in [0, 0.1) is 6.92 Å². The fourth-order valence-electron chi connectivity index (χ4n) is 2.49. The van der Waals surface area contributed by atoms with E-state index in [1.165, 1.54) is 30.6 Å². The second-order valence-corrected chi connectivity index (χ2v) is 5.27. The smallest absolute Gasteiger partial charge is 0.0373 e. The average molecular weight is 233 g/mol. The van der Waals surface area contributed by atoms with Gasteiger partial charge in [-0.2, -0.15) is 0 Å². The molecule has 1 saturated heterocycles. The Morgan fingerprint density at radius 2 is 2.18 bits per heavy atom. The van der Waals surface area contributed by atoms with Crippen molar-refractivity contribution in [3.8, 4) is 0 Å². The van der Waals surface area contributed by atoms with Crippen molar-refractivity contribution in [3.05, 3.63) is 23.8 Å². The van der Waals surface area contributed by atoms with Crippen LogP contribution in [0.4, 0.5) is 11.4 Å². The maximum atomic E-state index is 5.77. The highest BCUT2D eigenvalue weighted by atomic mass is 15.1. The van der Waals surface area contributed by atoms with E-state index in [9.17, 15) is 0 Å². The van der Waals surface area contributed by atoms with Gasteiger partial charge < -0.3 is 16.0 Å². The largest absolute Gasteiger partial charge is 0.399 e. The molecule has 1 aromatic carbocycles. The van der Waals surface area contributed by atoms with Crippen LogP contribution in [0.25, 0.3) is 0 Å². The third-order valence-corrected chi connectivity index (χ3v) is 3.82. The maximum absolute atomic E-state index is 5.77. The first-order valence-electron chi connectivity index (χ1n) is 6.39. The normalized spacial score (nSPS) is 25.8. The fraction of sp³-hybridized carbons (Fsp3) is 0.571. The first-order valence-corrected chi connectivity index (χ1v) is 6.39. The molecule has 0 aromatic heterocycles. The Bertz CT molecular complexity index is 389. The molecule has 1 aliphatic heterocycles. The van der Waals surface area contributed by atoms with Crippen LogP contribution in [0.5, 0.6) is 0 Å². The zero-order valence-electron chi connectivity index (χ0n) is 11.0. The van der Waals surface area contributed by atoms with E-state index >= 15 is 0 Å². The molecule has 2 unspecified atom stereocenters. The van der Waals surface area contributed by atoms with Crippen LogP contribution >= 0.6 is 0 Å². The molecular formula is C14H23N3. The molecule has 3 N–H and O–H groups in total. The molecule has 0 aliphatic carbocycles. The van der Waals surface area contributed by atoms with Gasteiger partial charge in [0.15, 0.2) is 0 Å². The first kappa shape index (κ1) is 12.2. The topological polar surface area (TPSA) is 41.3 Å². The van der Waals surface area contributed by atoms with E-state index in [1.807, 2.05) is 12.1 Å². The molecule has 0 saturated carbocycles. The summed E-state index contributed by atoms with van der Waals surface area (Å²) in [7, 11) is 2.20. The van der Waals surface area contributed by atoms with Gasteiger partial charge in [0.2, 0.25) is 0 Å². The zero-order valence-corrected chi connectivity index (χ0v) is 11.0. The van der Waals surface area contributed by atoms with E-state index in [0.29, 0.717) is 12.1 Å². The summed E-state index contributed by atoms with van der Waals surface area (Å²) in [5, 5.41) is 3.65. The van der Waals surface area contributed by atoms with E-state index < -0.39 is 0 Å². The van der Waals surface area contributed by atoms with E-state index in [2.05, 4.69) is 37.2 Å². The molecule has 94 valence electrons. The SMILES string of the molecule is Cc1cc(N)ccc1NC1CCN(C)C(C)C1. The third-order valence-electron chi connectivity index (χ3n) is 3.82. The number of hydrogen-bond acceptors (Lipinski definition) is 3. The molecular weight excluding hydrogens is 210 g/mol. The second kappa shape index (κ2) is 4.96. The summed E-state index contributed by atoms with van der Waals surface area (Å²) in [4.78, 5) is 2.42. The van der Waals surface area contributed by atoms with Gasteiger partial charge in [-0.3, -0.25) is 0 Å². The van der Waals surface area contributed by atoms with E-state index in [4.69, 9.17) is 5.73 Å². The highest BCUT2D eigenvalue weighted by molar-refractivity contribution is 5.57. The Morgan fingerprint density at radius 1 is 1.41 bits per heavy atom. The predicted molar refractivity (Wildman–Crippen MR) is 74.3 cm³/mol. The van der Waals surface area contributed by atoms with Gasteiger partial charge >= 0.3 is 0 Å². The summed E-state index contributed by atoms with van der Waals surface area (Å²) < 4.78 is 0. The van der Waals surface area contributed by atoms with Crippen LogP contribution in [0.1, 0.15) is 25.3 Å². The number of anilines is 2. The number of rotatable bonds is 2. The number of nitrogen functional groups attached to an aromatic ring is 1. The predicted octanol–water partition coefficient (Wildman–Crippen LogP) is 2.47. The number of aryl methyl sites for hydroxylation is 1. The van der Waals surface area contributed by atoms with Gasteiger partial charge in [-0.05, 0) is 57.5 Å². The lowest BCUT2D eigenvalue weighted by molar-refractivity contribution is 0.190. The van der Waals surface area contributed by atoms with E-state index in [1.54, 1.807) is 0 Å². The molecule has 2 atom stereocenters. The molecule has 1 heterocycles. The van der Waals surface area contributed by atoms with Gasteiger partial charge in [-0.25, -0.2) is 0 Å². The number of benzene rings is 1. The lowest BCUT2D eigenvalue weighted by Gasteiger charge is -2.36. The molecule has 1 aliphatic rings. The minimum Gasteiger partial charge on any atom is -0.399 e.